The molecule has 1 saturated heterocycles. The van der Waals surface area contributed by atoms with Crippen LogP contribution in [0.1, 0.15) is 35.6 Å². The smallest absolute Gasteiger partial charge is 0.218 e. The fourth-order valence-electron chi connectivity index (χ4n) is 3.92. The van der Waals surface area contributed by atoms with Gasteiger partial charge in [-0.2, -0.15) is 0 Å². The van der Waals surface area contributed by atoms with E-state index in [4.69, 9.17) is 27.9 Å². The number of carbonyl (C=O) groups is 1. The van der Waals surface area contributed by atoms with Gasteiger partial charge in [0.05, 0.1) is 10.0 Å². The number of carbonyl (C=O) groups excluding carboxylic acids is 1. The number of hydrogen-bond donors (Lipinski definition) is 1. The lowest BCUT2D eigenvalue weighted by atomic mass is 10.1. The highest BCUT2D eigenvalue weighted by molar-refractivity contribution is 6.42. The number of aromatic nitrogens is 1. The van der Waals surface area contributed by atoms with Gasteiger partial charge in [-0.3, -0.25) is 4.79 Å². The molecule has 1 fully saturated rings. The molecule has 140 valence electrons. The summed E-state index contributed by atoms with van der Waals surface area (Å²) in [4.78, 5) is 14.2. The molecule has 2 aromatic rings. The largest absolute Gasteiger partial charge is 0.364 e. The van der Waals surface area contributed by atoms with Gasteiger partial charge in [0.25, 0.3) is 0 Å². The van der Waals surface area contributed by atoms with Crippen LogP contribution >= 0.6 is 23.2 Å². The van der Waals surface area contributed by atoms with Gasteiger partial charge in [0, 0.05) is 22.6 Å². The number of ketones is 1. The molecule has 1 aromatic carbocycles. The normalized spacial score (nSPS) is 23.2. The Morgan fingerprint density at radius 3 is 2.42 bits per heavy atom. The number of nitrogens with one attached hydrogen (secondary N) is 1. The molecule has 2 heterocycles. The van der Waals surface area contributed by atoms with Gasteiger partial charge in [0.15, 0.2) is 0 Å². The number of rotatable bonds is 4. The molecular weight excluding hydrogens is 371 g/mol. The first-order chi connectivity index (χ1) is 12.3. The number of halogens is 2. The first kappa shape index (κ1) is 19.4. The van der Waals surface area contributed by atoms with Crippen LogP contribution in [0.25, 0.3) is 5.69 Å². The van der Waals surface area contributed by atoms with Crippen molar-refractivity contribution in [3.63, 3.8) is 0 Å². The minimum Gasteiger partial charge on any atom is -0.364 e. The van der Waals surface area contributed by atoms with E-state index in [9.17, 15) is 4.79 Å². The van der Waals surface area contributed by atoms with Gasteiger partial charge in [-0.15, -0.1) is 0 Å². The van der Waals surface area contributed by atoms with Crippen molar-refractivity contribution < 1.29 is 14.4 Å². The van der Waals surface area contributed by atoms with E-state index in [0.717, 1.165) is 35.7 Å². The third kappa shape index (κ3) is 3.99. The minimum absolute atomic E-state index is 0.167. The predicted molar refractivity (Wildman–Crippen MR) is 105 cm³/mol. The minimum atomic E-state index is 0.167. The zero-order chi connectivity index (χ0) is 19.0. The van der Waals surface area contributed by atoms with Crippen LogP contribution in [0.15, 0.2) is 24.3 Å². The van der Waals surface area contributed by atoms with Gasteiger partial charge < -0.3 is 14.2 Å². The summed E-state index contributed by atoms with van der Waals surface area (Å²) in [6.07, 6.45) is 0.371. The summed E-state index contributed by atoms with van der Waals surface area (Å²) in [6.45, 7) is 10.3. The van der Waals surface area contributed by atoms with Crippen LogP contribution in [0.2, 0.25) is 10.0 Å². The third-order valence-electron chi connectivity index (χ3n) is 4.92. The fraction of sp³-hybridized carbons (Fsp3) is 0.450. The molecule has 0 amide bonds. The molecule has 3 rings (SSSR count). The summed E-state index contributed by atoms with van der Waals surface area (Å²) in [5.74, 6) is 0.167. The maximum absolute atomic E-state index is 12.9. The Bertz CT molecular complexity index is 821. The second-order valence-electron chi connectivity index (χ2n) is 7.23. The Morgan fingerprint density at radius 1 is 1.15 bits per heavy atom. The highest BCUT2D eigenvalue weighted by Gasteiger charge is 2.28. The van der Waals surface area contributed by atoms with Crippen LogP contribution in [0, 0.1) is 13.8 Å². The SMILES string of the molecule is Cc1cc(C(=O)C[NH+]2C[C@@H](C)O[C@H](C)C2)c(C)n1-c1ccc(Cl)c(Cl)c1. The lowest BCUT2D eigenvalue weighted by Crippen LogP contribution is -3.16. The summed E-state index contributed by atoms with van der Waals surface area (Å²) in [7, 11) is 0. The van der Waals surface area contributed by atoms with Crippen molar-refractivity contribution in [3.05, 3.63) is 51.3 Å². The summed E-state index contributed by atoms with van der Waals surface area (Å²) < 4.78 is 7.82. The maximum atomic E-state index is 12.9. The highest BCUT2D eigenvalue weighted by atomic mass is 35.5. The van der Waals surface area contributed by atoms with Gasteiger partial charge in [-0.25, -0.2) is 0 Å². The first-order valence-corrected chi connectivity index (χ1v) is 9.68. The second kappa shape index (κ2) is 7.73. The predicted octanol–water partition coefficient (Wildman–Crippen LogP) is 3.28. The molecule has 1 aromatic heterocycles. The molecule has 1 aliphatic rings. The molecule has 0 spiro atoms. The Hall–Kier alpha value is -1.33. The lowest BCUT2D eigenvalue weighted by molar-refractivity contribution is -0.906. The number of quaternary nitrogens is 1. The number of hydrogen-bond acceptors (Lipinski definition) is 2. The van der Waals surface area contributed by atoms with Crippen LogP contribution in [0.3, 0.4) is 0 Å². The zero-order valence-electron chi connectivity index (χ0n) is 15.6. The number of Topliss-reactive ketones (excluding diaryl/α,β-unsaturated/α-hetero) is 1. The number of ether oxygens (including phenoxy) is 1. The molecule has 0 saturated carbocycles. The standard InChI is InChI=1S/C20H24Cl2N2O2/c1-12-7-17(20(25)11-23-9-13(2)26-14(3)10-23)15(4)24(12)16-5-6-18(21)19(22)8-16/h5-8,13-14H,9-11H2,1-4H3/p+1/t13-,14-/m1/s1. The fourth-order valence-corrected chi connectivity index (χ4v) is 4.21. The molecule has 0 radical (unpaired) electrons. The lowest BCUT2D eigenvalue weighted by Gasteiger charge is -2.31. The quantitative estimate of drug-likeness (QED) is 0.806. The van der Waals surface area contributed by atoms with E-state index >= 15 is 0 Å². The molecule has 1 N–H and O–H groups in total. The van der Waals surface area contributed by atoms with Crippen molar-refractivity contribution in [1.82, 2.24) is 4.57 Å². The maximum Gasteiger partial charge on any atom is 0.218 e. The van der Waals surface area contributed by atoms with Crippen molar-refractivity contribution in [3.8, 4) is 5.69 Å². The number of nitrogens with zero attached hydrogens (tertiary/aromatic N) is 1. The van der Waals surface area contributed by atoms with Gasteiger partial charge in [0.1, 0.15) is 31.8 Å². The van der Waals surface area contributed by atoms with Crippen LogP contribution in [0.4, 0.5) is 0 Å². The Balaban J connectivity index is 1.85. The topological polar surface area (TPSA) is 35.7 Å². The molecule has 1 aliphatic heterocycles. The van der Waals surface area contributed by atoms with E-state index in [2.05, 4.69) is 18.4 Å². The summed E-state index contributed by atoms with van der Waals surface area (Å²) in [6, 6.07) is 7.49. The van der Waals surface area contributed by atoms with Crippen LogP contribution in [-0.2, 0) is 4.74 Å². The summed E-state index contributed by atoms with van der Waals surface area (Å²) >= 11 is 12.2. The van der Waals surface area contributed by atoms with Gasteiger partial charge in [-0.05, 0) is 52.0 Å². The summed E-state index contributed by atoms with van der Waals surface area (Å²) in [5.41, 5.74) is 3.62. The molecular formula is C20H25Cl2N2O2+. The van der Waals surface area contributed by atoms with Crippen molar-refractivity contribution >= 4 is 29.0 Å². The molecule has 0 unspecified atom stereocenters. The van der Waals surface area contributed by atoms with Gasteiger partial charge >= 0.3 is 0 Å². The van der Waals surface area contributed by atoms with E-state index in [1.54, 1.807) is 6.07 Å². The molecule has 4 nitrogen and oxygen atoms in total. The molecule has 26 heavy (non-hydrogen) atoms. The number of morpholine rings is 1. The van der Waals surface area contributed by atoms with Crippen LogP contribution in [-0.4, -0.2) is 42.2 Å². The Labute approximate surface area is 164 Å². The number of aryl methyl sites for hydroxylation is 1. The van der Waals surface area contributed by atoms with Crippen molar-refractivity contribution in [2.24, 2.45) is 0 Å². The van der Waals surface area contributed by atoms with Gasteiger partial charge in [0.2, 0.25) is 5.78 Å². The molecule has 0 aliphatic carbocycles. The van der Waals surface area contributed by atoms with Crippen molar-refractivity contribution in [2.45, 2.75) is 39.9 Å². The molecule has 2 atom stereocenters. The van der Waals surface area contributed by atoms with E-state index in [-0.39, 0.29) is 18.0 Å². The average molecular weight is 396 g/mol. The van der Waals surface area contributed by atoms with E-state index < -0.39 is 0 Å². The van der Waals surface area contributed by atoms with Crippen LogP contribution < -0.4 is 4.90 Å². The summed E-state index contributed by atoms with van der Waals surface area (Å²) in [5, 5.41) is 1.03. The van der Waals surface area contributed by atoms with Crippen molar-refractivity contribution in [1.29, 1.82) is 0 Å². The highest BCUT2D eigenvalue weighted by Crippen LogP contribution is 2.27. The molecule has 0 bridgehead atoms. The zero-order valence-corrected chi connectivity index (χ0v) is 17.1. The Morgan fingerprint density at radius 2 is 1.81 bits per heavy atom. The monoisotopic (exact) mass is 395 g/mol. The van der Waals surface area contributed by atoms with Gasteiger partial charge in [-0.1, -0.05) is 23.2 Å². The van der Waals surface area contributed by atoms with Crippen molar-refractivity contribution in [2.75, 3.05) is 19.6 Å². The molecule has 6 heteroatoms. The third-order valence-corrected chi connectivity index (χ3v) is 5.66. The second-order valence-corrected chi connectivity index (χ2v) is 8.05. The van der Waals surface area contributed by atoms with E-state index in [1.807, 2.05) is 32.0 Å². The number of benzene rings is 1. The van der Waals surface area contributed by atoms with E-state index in [0.29, 0.717) is 16.6 Å². The first-order valence-electron chi connectivity index (χ1n) is 8.93. The Kier molecular flexibility index (Phi) is 5.78. The average Bonchev–Trinajstić information content (AvgIpc) is 2.84. The van der Waals surface area contributed by atoms with E-state index in [1.165, 1.54) is 4.90 Å². The van der Waals surface area contributed by atoms with Crippen LogP contribution in [0.5, 0.6) is 0 Å².